The first kappa shape index (κ1) is 16.5. The van der Waals surface area contributed by atoms with Gasteiger partial charge in [0, 0.05) is 18.1 Å². The summed E-state index contributed by atoms with van der Waals surface area (Å²) in [5, 5.41) is 0. The summed E-state index contributed by atoms with van der Waals surface area (Å²) in [6.45, 7) is -0.0250. The van der Waals surface area contributed by atoms with Gasteiger partial charge in [-0.1, -0.05) is 11.3 Å². The van der Waals surface area contributed by atoms with Crippen molar-refractivity contribution < 1.29 is 23.8 Å². The van der Waals surface area contributed by atoms with Crippen LogP contribution in [0.5, 0.6) is 11.5 Å². The van der Waals surface area contributed by atoms with E-state index in [1.54, 1.807) is 24.9 Å². The van der Waals surface area contributed by atoms with Gasteiger partial charge in [-0.2, -0.15) is 4.99 Å². The summed E-state index contributed by atoms with van der Waals surface area (Å²) in [6, 6.07) is 3.58. The number of rotatable bonds is 5. The Kier molecular flexibility index (Phi) is 4.57. The number of hydrogen-bond donors (Lipinski definition) is 0. The highest BCUT2D eigenvalue weighted by Crippen LogP contribution is 2.34. The summed E-state index contributed by atoms with van der Waals surface area (Å²) >= 11 is 1.33. The first-order valence-electron chi connectivity index (χ1n) is 7.48. The van der Waals surface area contributed by atoms with E-state index in [0.29, 0.717) is 16.3 Å². The Hall–Kier alpha value is -2.35. The van der Waals surface area contributed by atoms with Crippen molar-refractivity contribution in [2.24, 2.45) is 10.9 Å². The molecule has 7 nitrogen and oxygen atoms in total. The van der Waals surface area contributed by atoms with E-state index in [4.69, 9.17) is 14.2 Å². The Labute approximate surface area is 142 Å². The van der Waals surface area contributed by atoms with Gasteiger partial charge >= 0.3 is 5.97 Å². The minimum atomic E-state index is -0.412. The number of amides is 1. The molecule has 0 aliphatic heterocycles. The average molecular weight is 350 g/mol. The summed E-state index contributed by atoms with van der Waals surface area (Å²) in [7, 11) is 4.43. The van der Waals surface area contributed by atoms with Gasteiger partial charge in [0.1, 0.15) is 6.54 Å². The Morgan fingerprint density at radius 1 is 1.21 bits per heavy atom. The number of hydrogen-bond acceptors (Lipinski definition) is 6. The van der Waals surface area contributed by atoms with Crippen LogP contribution in [0.2, 0.25) is 0 Å². The highest BCUT2D eigenvalue weighted by molar-refractivity contribution is 7.16. The molecule has 1 aliphatic carbocycles. The number of carbonyl (C=O) groups is 2. The van der Waals surface area contributed by atoms with Crippen LogP contribution in [0.1, 0.15) is 12.8 Å². The summed E-state index contributed by atoms with van der Waals surface area (Å²) in [5.74, 6) is 0.591. The van der Waals surface area contributed by atoms with E-state index in [1.807, 2.05) is 6.07 Å². The van der Waals surface area contributed by atoms with E-state index in [9.17, 15) is 9.59 Å². The monoisotopic (exact) mass is 350 g/mol. The van der Waals surface area contributed by atoms with E-state index < -0.39 is 5.97 Å². The Morgan fingerprint density at radius 3 is 2.46 bits per heavy atom. The molecule has 2 aromatic rings. The van der Waals surface area contributed by atoms with Crippen LogP contribution < -0.4 is 14.3 Å². The zero-order chi connectivity index (χ0) is 17.3. The van der Waals surface area contributed by atoms with Gasteiger partial charge in [-0.3, -0.25) is 9.59 Å². The zero-order valence-electron chi connectivity index (χ0n) is 13.7. The Morgan fingerprint density at radius 2 is 1.88 bits per heavy atom. The van der Waals surface area contributed by atoms with E-state index in [0.717, 1.165) is 23.1 Å². The van der Waals surface area contributed by atoms with Crippen LogP contribution in [-0.2, 0) is 20.9 Å². The van der Waals surface area contributed by atoms with Gasteiger partial charge in [0.25, 0.3) is 5.91 Å². The van der Waals surface area contributed by atoms with Crippen molar-refractivity contribution in [2.45, 2.75) is 19.4 Å². The third-order valence-electron chi connectivity index (χ3n) is 3.84. The molecule has 128 valence electrons. The first-order chi connectivity index (χ1) is 11.6. The molecule has 3 rings (SSSR count). The van der Waals surface area contributed by atoms with Crippen LogP contribution >= 0.6 is 11.3 Å². The Bertz CT molecular complexity index is 863. The molecule has 24 heavy (non-hydrogen) atoms. The van der Waals surface area contributed by atoms with E-state index >= 15 is 0 Å². The second kappa shape index (κ2) is 6.64. The van der Waals surface area contributed by atoms with Crippen molar-refractivity contribution in [1.29, 1.82) is 0 Å². The number of esters is 1. The number of ether oxygens (including phenoxy) is 3. The van der Waals surface area contributed by atoms with Crippen molar-refractivity contribution in [3.8, 4) is 11.5 Å². The van der Waals surface area contributed by atoms with Crippen LogP contribution in [-0.4, -0.2) is 37.8 Å². The van der Waals surface area contributed by atoms with E-state index in [1.165, 1.54) is 18.4 Å². The number of carbonyl (C=O) groups excluding carboxylic acids is 2. The van der Waals surface area contributed by atoms with E-state index in [-0.39, 0.29) is 18.4 Å². The molecule has 0 bridgehead atoms. The number of methoxy groups -OCH3 is 3. The predicted octanol–water partition coefficient (Wildman–Crippen LogP) is 1.73. The van der Waals surface area contributed by atoms with Crippen molar-refractivity contribution in [3.63, 3.8) is 0 Å². The largest absolute Gasteiger partial charge is 0.493 e. The summed E-state index contributed by atoms with van der Waals surface area (Å²) in [4.78, 5) is 28.5. The highest BCUT2D eigenvalue weighted by Gasteiger charge is 2.29. The number of fused-ring (bicyclic) bond motifs is 1. The van der Waals surface area contributed by atoms with Crippen molar-refractivity contribution >= 4 is 33.4 Å². The third kappa shape index (κ3) is 3.14. The van der Waals surface area contributed by atoms with Crippen LogP contribution in [0.25, 0.3) is 10.2 Å². The second-order valence-corrected chi connectivity index (χ2v) is 6.46. The molecule has 1 fully saturated rings. The van der Waals surface area contributed by atoms with Gasteiger partial charge in [0.05, 0.1) is 31.5 Å². The molecule has 1 aromatic carbocycles. The smallest absolute Gasteiger partial charge is 0.325 e. The molecule has 0 radical (unpaired) electrons. The Balaban J connectivity index is 2.19. The number of thiazole rings is 1. The number of nitrogens with zero attached hydrogens (tertiary/aromatic N) is 2. The molecular weight excluding hydrogens is 332 g/mol. The number of benzene rings is 1. The molecule has 1 aromatic heterocycles. The van der Waals surface area contributed by atoms with Crippen molar-refractivity contribution in [3.05, 3.63) is 16.9 Å². The summed E-state index contributed by atoms with van der Waals surface area (Å²) in [5.41, 5.74) is 0.741. The zero-order valence-corrected chi connectivity index (χ0v) is 14.5. The molecular formula is C16H18N2O5S. The lowest BCUT2D eigenvalue weighted by Gasteiger charge is -2.09. The quantitative estimate of drug-likeness (QED) is 0.768. The van der Waals surface area contributed by atoms with Gasteiger partial charge in [0.2, 0.25) is 0 Å². The molecule has 1 amide bonds. The maximum atomic E-state index is 12.1. The van der Waals surface area contributed by atoms with Crippen molar-refractivity contribution in [2.75, 3.05) is 21.3 Å². The predicted molar refractivity (Wildman–Crippen MR) is 88.2 cm³/mol. The standard InChI is InChI=1S/C16H18N2O5S/c1-21-11-6-10-13(7-12(11)22-2)24-16(17-15(20)9-4-5-9)18(10)8-14(19)23-3/h6-7,9H,4-5,8H2,1-3H3. The van der Waals surface area contributed by atoms with Gasteiger partial charge in [-0.05, 0) is 12.8 Å². The van der Waals surface area contributed by atoms with Crippen LogP contribution in [0, 0.1) is 5.92 Å². The fraction of sp³-hybridized carbons (Fsp3) is 0.438. The lowest BCUT2D eigenvalue weighted by molar-refractivity contribution is -0.141. The van der Waals surface area contributed by atoms with Gasteiger partial charge in [-0.15, -0.1) is 0 Å². The first-order valence-corrected chi connectivity index (χ1v) is 8.29. The molecule has 1 heterocycles. The topological polar surface area (TPSA) is 79.1 Å². The molecule has 8 heteroatoms. The lowest BCUT2D eigenvalue weighted by Crippen LogP contribution is -2.22. The maximum Gasteiger partial charge on any atom is 0.325 e. The third-order valence-corrected chi connectivity index (χ3v) is 4.88. The molecule has 0 atom stereocenters. The molecule has 0 unspecified atom stereocenters. The molecule has 0 N–H and O–H groups in total. The molecule has 0 spiro atoms. The molecule has 1 aliphatic rings. The second-order valence-electron chi connectivity index (χ2n) is 5.45. The van der Waals surface area contributed by atoms with Crippen LogP contribution in [0.3, 0.4) is 0 Å². The highest BCUT2D eigenvalue weighted by atomic mass is 32.1. The summed E-state index contributed by atoms with van der Waals surface area (Å²) < 4.78 is 17.9. The van der Waals surface area contributed by atoms with Crippen LogP contribution in [0.15, 0.2) is 17.1 Å². The average Bonchev–Trinajstić information content (AvgIpc) is 3.39. The van der Waals surface area contributed by atoms with Crippen LogP contribution in [0.4, 0.5) is 0 Å². The van der Waals surface area contributed by atoms with Gasteiger partial charge < -0.3 is 18.8 Å². The maximum absolute atomic E-state index is 12.1. The normalized spacial score (nSPS) is 14.7. The number of aromatic nitrogens is 1. The minimum Gasteiger partial charge on any atom is -0.493 e. The minimum absolute atomic E-state index is 0.0193. The fourth-order valence-electron chi connectivity index (χ4n) is 2.34. The van der Waals surface area contributed by atoms with Gasteiger partial charge in [-0.25, -0.2) is 0 Å². The summed E-state index contributed by atoms with van der Waals surface area (Å²) in [6.07, 6.45) is 1.76. The van der Waals surface area contributed by atoms with E-state index in [2.05, 4.69) is 4.99 Å². The van der Waals surface area contributed by atoms with Crippen molar-refractivity contribution in [1.82, 2.24) is 4.57 Å². The SMILES string of the molecule is COC(=O)Cn1c(=NC(=O)C2CC2)sc2cc(OC)c(OC)cc21. The molecule has 0 saturated heterocycles. The van der Waals surface area contributed by atoms with Gasteiger partial charge in [0.15, 0.2) is 16.3 Å². The fourth-order valence-corrected chi connectivity index (χ4v) is 3.39. The molecule has 1 saturated carbocycles. The lowest BCUT2D eigenvalue weighted by atomic mass is 10.3.